The van der Waals surface area contributed by atoms with Crippen molar-refractivity contribution in [1.82, 2.24) is 0 Å². The smallest absolute Gasteiger partial charge is 0.306 e. The maximum Gasteiger partial charge on any atom is 0.306 e. The quantitative estimate of drug-likeness (QED) is 0.840. The van der Waals surface area contributed by atoms with Crippen LogP contribution >= 0.6 is 0 Å². The summed E-state index contributed by atoms with van der Waals surface area (Å²) in [6.45, 7) is 9.86. The molecule has 0 bridgehead atoms. The van der Waals surface area contributed by atoms with Gasteiger partial charge in [0.05, 0.1) is 18.3 Å². The number of rotatable bonds is 3. The van der Waals surface area contributed by atoms with Crippen molar-refractivity contribution in [2.24, 2.45) is 23.2 Å². The Kier molecular flexibility index (Phi) is 4.56. The third-order valence-corrected chi connectivity index (χ3v) is 6.19. The number of hydrogen-bond donors (Lipinski definition) is 1. The molecule has 3 rings (SSSR count). The van der Waals surface area contributed by atoms with Crippen LogP contribution in [0.1, 0.15) is 74.7 Å². The number of hydrogen-bond acceptors (Lipinski definition) is 5. The summed E-state index contributed by atoms with van der Waals surface area (Å²) in [4.78, 5) is 25.5. The molecule has 0 saturated heterocycles. The number of aryl methyl sites for hydroxylation is 1. The average molecular weight is 348 g/mol. The van der Waals surface area contributed by atoms with Crippen molar-refractivity contribution in [2.75, 3.05) is 0 Å². The van der Waals surface area contributed by atoms with Crippen molar-refractivity contribution in [2.45, 2.75) is 66.1 Å². The molecule has 5 heteroatoms. The second kappa shape index (κ2) is 6.27. The Morgan fingerprint density at radius 2 is 2.12 bits per heavy atom. The van der Waals surface area contributed by atoms with E-state index in [0.29, 0.717) is 18.4 Å². The van der Waals surface area contributed by atoms with E-state index >= 15 is 0 Å². The van der Waals surface area contributed by atoms with Crippen LogP contribution in [0.3, 0.4) is 0 Å². The van der Waals surface area contributed by atoms with Crippen LogP contribution in [0.2, 0.25) is 0 Å². The molecule has 0 aromatic carbocycles. The lowest BCUT2D eigenvalue weighted by Gasteiger charge is -2.53. The second-order valence-corrected chi connectivity index (χ2v) is 8.38. The van der Waals surface area contributed by atoms with Crippen molar-refractivity contribution in [3.05, 3.63) is 23.2 Å². The van der Waals surface area contributed by atoms with Gasteiger partial charge >= 0.3 is 5.97 Å². The Morgan fingerprint density at radius 3 is 2.76 bits per heavy atom. The van der Waals surface area contributed by atoms with Gasteiger partial charge in [-0.2, -0.15) is 0 Å². The van der Waals surface area contributed by atoms with E-state index < -0.39 is 23.5 Å². The molecule has 0 radical (unpaired) electrons. The van der Waals surface area contributed by atoms with Crippen LogP contribution in [0.15, 0.2) is 10.7 Å². The number of carbonyl (C=O) groups is 2. The zero-order chi connectivity index (χ0) is 18.5. The van der Waals surface area contributed by atoms with Gasteiger partial charge in [-0.25, -0.2) is 0 Å². The number of aliphatic hydroxyl groups excluding tert-OH is 1. The fourth-order valence-corrected chi connectivity index (χ4v) is 4.62. The van der Waals surface area contributed by atoms with Crippen LogP contribution in [0, 0.1) is 30.1 Å². The lowest BCUT2D eigenvalue weighted by Crippen LogP contribution is -2.55. The van der Waals surface area contributed by atoms with Gasteiger partial charge in [-0.15, -0.1) is 0 Å². The van der Waals surface area contributed by atoms with Gasteiger partial charge in [0.25, 0.3) is 0 Å². The van der Waals surface area contributed by atoms with Gasteiger partial charge in [0.15, 0.2) is 5.76 Å². The minimum absolute atomic E-state index is 0.143. The standard InChI is InChI=1S/C20H28O5/c1-10(2)8-14(22)25-19-15-11(3)9-24-18(15)17(23)16-13(21)7-6-12(4)20(16,19)5/h9-10,12-13,16,19,21H,6-8H2,1-5H3/t12-,13-,16-,19+,20+/m0/s1. The maximum absolute atomic E-state index is 13.0. The first-order valence-electron chi connectivity index (χ1n) is 9.17. The topological polar surface area (TPSA) is 76.7 Å². The van der Waals surface area contributed by atoms with E-state index in [0.717, 1.165) is 12.0 Å². The van der Waals surface area contributed by atoms with Gasteiger partial charge in [-0.05, 0) is 37.2 Å². The lowest BCUT2D eigenvalue weighted by atomic mass is 9.53. The van der Waals surface area contributed by atoms with Crippen LogP contribution in [0.25, 0.3) is 0 Å². The summed E-state index contributed by atoms with van der Waals surface area (Å²) in [5.74, 6) is -0.458. The highest BCUT2D eigenvalue weighted by Gasteiger charge is 2.61. The fourth-order valence-electron chi connectivity index (χ4n) is 4.62. The van der Waals surface area contributed by atoms with Gasteiger partial charge in [-0.3, -0.25) is 9.59 Å². The molecule has 0 aliphatic heterocycles. The molecule has 1 heterocycles. The van der Waals surface area contributed by atoms with E-state index in [1.54, 1.807) is 6.26 Å². The van der Waals surface area contributed by atoms with E-state index in [1.807, 2.05) is 27.7 Å². The van der Waals surface area contributed by atoms with E-state index in [9.17, 15) is 14.7 Å². The summed E-state index contributed by atoms with van der Waals surface area (Å²) in [6.07, 6.45) is 1.94. The number of carbonyl (C=O) groups excluding carboxylic acids is 2. The summed E-state index contributed by atoms with van der Waals surface area (Å²) >= 11 is 0. The number of furan rings is 1. The van der Waals surface area contributed by atoms with Crippen molar-refractivity contribution >= 4 is 11.8 Å². The number of ether oxygens (including phenoxy) is 1. The number of aliphatic hydroxyl groups is 1. The predicted molar refractivity (Wildman–Crippen MR) is 92.1 cm³/mol. The Morgan fingerprint density at radius 1 is 1.44 bits per heavy atom. The first kappa shape index (κ1) is 18.2. The number of fused-ring (bicyclic) bond motifs is 2. The van der Waals surface area contributed by atoms with Gasteiger partial charge in [0.2, 0.25) is 5.78 Å². The summed E-state index contributed by atoms with van der Waals surface area (Å²) in [6, 6.07) is 0. The van der Waals surface area contributed by atoms with E-state index in [4.69, 9.17) is 9.15 Å². The maximum atomic E-state index is 13.0. The van der Waals surface area contributed by atoms with Gasteiger partial charge in [0, 0.05) is 17.4 Å². The van der Waals surface area contributed by atoms with Crippen LogP contribution in [0.5, 0.6) is 0 Å². The highest BCUT2D eigenvalue weighted by Crippen LogP contribution is 2.59. The summed E-state index contributed by atoms with van der Waals surface area (Å²) in [5.41, 5.74) is 0.864. The average Bonchev–Trinajstić information content (AvgIpc) is 2.89. The van der Waals surface area contributed by atoms with Crippen LogP contribution in [-0.4, -0.2) is 23.0 Å². The van der Waals surface area contributed by atoms with Crippen molar-refractivity contribution in [3.8, 4) is 0 Å². The van der Waals surface area contributed by atoms with Crippen molar-refractivity contribution in [1.29, 1.82) is 0 Å². The fraction of sp³-hybridized carbons (Fsp3) is 0.700. The van der Waals surface area contributed by atoms with E-state index in [2.05, 4.69) is 6.92 Å². The summed E-state index contributed by atoms with van der Waals surface area (Å²) < 4.78 is 11.5. The minimum Gasteiger partial charge on any atom is -0.460 e. The Labute approximate surface area is 148 Å². The normalized spacial score (nSPS) is 34.6. The third kappa shape index (κ3) is 2.73. The predicted octanol–water partition coefficient (Wildman–Crippen LogP) is 3.83. The number of ketones is 1. The van der Waals surface area contributed by atoms with Gasteiger partial charge in [0.1, 0.15) is 6.10 Å². The summed E-state index contributed by atoms with van der Waals surface area (Å²) in [7, 11) is 0. The number of esters is 1. The van der Waals surface area contributed by atoms with Gasteiger partial charge < -0.3 is 14.3 Å². The van der Waals surface area contributed by atoms with Crippen molar-refractivity contribution in [3.63, 3.8) is 0 Å². The highest BCUT2D eigenvalue weighted by molar-refractivity contribution is 5.99. The van der Waals surface area contributed by atoms with Crippen molar-refractivity contribution < 1.29 is 23.8 Å². The first-order valence-corrected chi connectivity index (χ1v) is 9.17. The molecule has 2 aliphatic carbocycles. The van der Waals surface area contributed by atoms with Gasteiger partial charge in [-0.1, -0.05) is 27.7 Å². The Hall–Kier alpha value is -1.62. The molecule has 0 unspecified atom stereocenters. The molecular weight excluding hydrogens is 320 g/mol. The Bertz CT molecular complexity index is 688. The second-order valence-electron chi connectivity index (χ2n) is 8.38. The largest absolute Gasteiger partial charge is 0.460 e. The molecule has 25 heavy (non-hydrogen) atoms. The lowest BCUT2D eigenvalue weighted by molar-refractivity contribution is -0.173. The molecule has 0 spiro atoms. The molecule has 5 atom stereocenters. The SMILES string of the molecule is Cc1coc2c1[C@@H](OC(=O)CC(C)C)[C@@]1(C)[C@H](C2=O)[C@@H](O)CC[C@@H]1C. The zero-order valence-corrected chi connectivity index (χ0v) is 15.7. The van der Waals surface area contributed by atoms with Crippen LogP contribution in [-0.2, 0) is 9.53 Å². The molecule has 1 fully saturated rings. The zero-order valence-electron chi connectivity index (χ0n) is 15.7. The molecule has 138 valence electrons. The summed E-state index contributed by atoms with van der Waals surface area (Å²) in [5, 5.41) is 10.6. The first-order chi connectivity index (χ1) is 11.7. The van der Waals surface area contributed by atoms with E-state index in [-0.39, 0.29) is 29.3 Å². The Balaban J connectivity index is 2.10. The molecule has 1 saturated carbocycles. The molecular formula is C20H28O5. The molecule has 1 N–H and O–H groups in total. The van der Waals surface area contributed by atoms with E-state index in [1.165, 1.54) is 0 Å². The third-order valence-electron chi connectivity index (χ3n) is 6.19. The number of Topliss-reactive ketones (excluding diaryl/α,β-unsaturated/α-hetero) is 1. The highest BCUT2D eigenvalue weighted by atomic mass is 16.5. The molecule has 1 aromatic rings. The molecule has 1 aromatic heterocycles. The molecule has 2 aliphatic rings. The molecule has 0 amide bonds. The minimum atomic E-state index is -0.737. The van der Waals surface area contributed by atoms with Crippen LogP contribution < -0.4 is 0 Å². The molecule has 5 nitrogen and oxygen atoms in total. The van der Waals surface area contributed by atoms with Crippen LogP contribution in [0.4, 0.5) is 0 Å². The monoisotopic (exact) mass is 348 g/mol.